The lowest BCUT2D eigenvalue weighted by molar-refractivity contribution is 0.0169. The lowest BCUT2D eigenvalue weighted by Gasteiger charge is -2.34. The van der Waals surface area contributed by atoms with Gasteiger partial charge in [0.25, 0.3) is 5.91 Å². The van der Waals surface area contributed by atoms with Gasteiger partial charge in [-0.15, -0.1) is 0 Å². The summed E-state index contributed by atoms with van der Waals surface area (Å²) >= 11 is 0. The number of nitrogens with one attached hydrogen (secondary N) is 1. The average molecular weight is 560 g/mol. The molecule has 2 aromatic carbocycles. The Morgan fingerprint density at radius 3 is 2.68 bits per heavy atom. The van der Waals surface area contributed by atoms with Gasteiger partial charge in [0.05, 0.1) is 11.4 Å². The zero-order valence-electron chi connectivity index (χ0n) is 23.4. The molecule has 1 fully saturated rings. The third kappa shape index (κ3) is 6.45. The summed E-state index contributed by atoms with van der Waals surface area (Å²) in [6, 6.07) is 13.2. The molecule has 2 aromatic heterocycles. The maximum Gasteiger partial charge on any atom is 0.410 e. The van der Waals surface area contributed by atoms with E-state index in [4.69, 9.17) is 15.6 Å². The van der Waals surface area contributed by atoms with E-state index in [2.05, 4.69) is 15.3 Å². The van der Waals surface area contributed by atoms with Crippen molar-refractivity contribution in [1.29, 1.82) is 0 Å². The number of ether oxygens (including phenoxy) is 1. The van der Waals surface area contributed by atoms with Gasteiger partial charge in [-0.2, -0.15) is 5.10 Å². The Hall–Kier alpha value is -4.54. The normalized spacial score (nSPS) is 15.6. The second-order valence-electron chi connectivity index (χ2n) is 11.2. The maximum absolute atomic E-state index is 13.2. The number of rotatable bonds is 6. The third-order valence-corrected chi connectivity index (χ3v) is 6.92. The molecule has 3 heterocycles. The molecule has 5 rings (SSSR count). The second-order valence-corrected chi connectivity index (χ2v) is 11.2. The molecule has 4 aromatic rings. The summed E-state index contributed by atoms with van der Waals surface area (Å²) in [6.07, 6.45) is 3.21. The summed E-state index contributed by atoms with van der Waals surface area (Å²) in [5.74, 6) is -0.244. The van der Waals surface area contributed by atoms with E-state index in [0.717, 1.165) is 18.4 Å². The van der Waals surface area contributed by atoms with Gasteiger partial charge >= 0.3 is 6.09 Å². The number of carbonyl (C=O) groups excluding carboxylic acids is 2. The molecule has 0 radical (unpaired) electrons. The summed E-state index contributed by atoms with van der Waals surface area (Å²) in [5, 5.41) is 8.43. The predicted octanol–water partition coefficient (Wildman–Crippen LogP) is 4.76. The highest BCUT2D eigenvalue weighted by Crippen LogP contribution is 2.34. The molecule has 11 heteroatoms. The van der Waals surface area contributed by atoms with Crippen LogP contribution in [-0.4, -0.2) is 61.9 Å². The number of amides is 2. The molecular formula is C30H34FN7O3. The molecular weight excluding hydrogens is 525 g/mol. The van der Waals surface area contributed by atoms with Crippen LogP contribution in [0.1, 0.15) is 55.6 Å². The number of anilines is 1. The monoisotopic (exact) mass is 559 g/mol. The van der Waals surface area contributed by atoms with Gasteiger partial charge in [-0.1, -0.05) is 24.3 Å². The van der Waals surface area contributed by atoms with Crippen LogP contribution in [0.2, 0.25) is 0 Å². The number of nitrogens with two attached hydrogens (primary N) is 1. The highest BCUT2D eigenvalue weighted by molar-refractivity contribution is 6.00. The lowest BCUT2D eigenvalue weighted by atomic mass is 10.1. The molecule has 1 aliphatic rings. The van der Waals surface area contributed by atoms with Gasteiger partial charge in [0.2, 0.25) is 0 Å². The minimum absolute atomic E-state index is 0.139. The number of hydrogen-bond acceptors (Lipinski definition) is 7. The predicted molar refractivity (Wildman–Crippen MR) is 154 cm³/mol. The molecule has 1 aliphatic heterocycles. The van der Waals surface area contributed by atoms with Crippen LogP contribution in [0.4, 0.5) is 15.0 Å². The van der Waals surface area contributed by atoms with Crippen molar-refractivity contribution in [3.8, 4) is 11.3 Å². The molecule has 214 valence electrons. The number of fused-ring (bicyclic) bond motifs is 1. The smallest absolute Gasteiger partial charge is 0.410 e. The minimum Gasteiger partial charge on any atom is -0.444 e. The molecule has 1 atom stereocenters. The van der Waals surface area contributed by atoms with Crippen LogP contribution in [0.15, 0.2) is 54.9 Å². The first-order valence-corrected chi connectivity index (χ1v) is 13.7. The molecule has 0 saturated carbocycles. The minimum atomic E-state index is -0.588. The van der Waals surface area contributed by atoms with Crippen LogP contribution in [0.5, 0.6) is 0 Å². The van der Waals surface area contributed by atoms with Crippen molar-refractivity contribution >= 4 is 28.9 Å². The quantitative estimate of drug-likeness (QED) is 0.349. The highest BCUT2D eigenvalue weighted by atomic mass is 19.1. The Balaban J connectivity index is 1.38. The molecule has 0 unspecified atom stereocenters. The van der Waals surface area contributed by atoms with E-state index in [1.54, 1.807) is 35.2 Å². The first-order chi connectivity index (χ1) is 19.6. The molecule has 10 nitrogen and oxygen atoms in total. The van der Waals surface area contributed by atoms with Gasteiger partial charge in [0.1, 0.15) is 29.3 Å². The van der Waals surface area contributed by atoms with Gasteiger partial charge in [-0.3, -0.25) is 4.79 Å². The van der Waals surface area contributed by atoms with Gasteiger partial charge in [0.15, 0.2) is 5.65 Å². The molecule has 3 N–H and O–H groups in total. The summed E-state index contributed by atoms with van der Waals surface area (Å²) in [5.41, 5.74) is 8.95. The summed E-state index contributed by atoms with van der Waals surface area (Å²) in [6.45, 7) is 6.97. The number of halogens is 1. The highest BCUT2D eigenvalue weighted by Gasteiger charge is 2.31. The number of hydrogen-bond donors (Lipinski definition) is 2. The number of nitrogen functional groups attached to an aromatic ring is 1. The van der Waals surface area contributed by atoms with Crippen molar-refractivity contribution in [2.75, 3.05) is 25.4 Å². The van der Waals surface area contributed by atoms with E-state index < -0.39 is 5.60 Å². The fourth-order valence-corrected chi connectivity index (χ4v) is 4.98. The van der Waals surface area contributed by atoms with Crippen molar-refractivity contribution in [2.45, 2.75) is 51.7 Å². The van der Waals surface area contributed by atoms with Crippen LogP contribution in [0.25, 0.3) is 22.3 Å². The number of benzene rings is 2. The van der Waals surface area contributed by atoms with Crippen molar-refractivity contribution in [3.05, 3.63) is 71.8 Å². The number of likely N-dealkylation sites (tertiary alicyclic amines) is 1. The van der Waals surface area contributed by atoms with Crippen LogP contribution in [-0.2, 0) is 11.2 Å². The van der Waals surface area contributed by atoms with E-state index in [9.17, 15) is 14.0 Å². The SMILES string of the molecule is CC(C)(C)OC(=O)N1CCC[C@@H](n2nc(-c3cccc(C(=O)NCCc4ccc(F)cc4)c3)c3c(N)ncnc32)C1. The van der Waals surface area contributed by atoms with E-state index in [0.29, 0.717) is 53.9 Å². The first-order valence-electron chi connectivity index (χ1n) is 13.7. The molecule has 0 aliphatic carbocycles. The first kappa shape index (κ1) is 28.0. The number of carbonyl (C=O) groups is 2. The van der Waals surface area contributed by atoms with Gasteiger partial charge in [-0.05, 0) is 69.9 Å². The molecule has 41 heavy (non-hydrogen) atoms. The zero-order valence-corrected chi connectivity index (χ0v) is 23.4. The third-order valence-electron chi connectivity index (χ3n) is 6.92. The molecule has 2 amide bonds. The Labute approximate surface area is 237 Å². The Bertz CT molecular complexity index is 1560. The second kappa shape index (κ2) is 11.5. The topological polar surface area (TPSA) is 128 Å². The Kier molecular flexibility index (Phi) is 7.87. The maximum atomic E-state index is 13.2. The summed E-state index contributed by atoms with van der Waals surface area (Å²) < 4.78 is 20.6. The van der Waals surface area contributed by atoms with E-state index >= 15 is 0 Å². The van der Waals surface area contributed by atoms with Crippen molar-refractivity contribution in [2.24, 2.45) is 0 Å². The van der Waals surface area contributed by atoms with Gasteiger partial charge in [0, 0.05) is 30.8 Å². The largest absolute Gasteiger partial charge is 0.444 e. The van der Waals surface area contributed by atoms with Crippen LogP contribution >= 0.6 is 0 Å². The van der Waals surface area contributed by atoms with E-state index in [-0.39, 0.29) is 29.7 Å². The lowest BCUT2D eigenvalue weighted by Crippen LogP contribution is -2.43. The van der Waals surface area contributed by atoms with Crippen LogP contribution in [0.3, 0.4) is 0 Å². The zero-order chi connectivity index (χ0) is 29.1. The van der Waals surface area contributed by atoms with Crippen LogP contribution in [0, 0.1) is 5.82 Å². The number of piperidine rings is 1. The molecule has 1 saturated heterocycles. The van der Waals surface area contributed by atoms with E-state index in [1.165, 1.54) is 18.5 Å². The van der Waals surface area contributed by atoms with Gasteiger partial charge < -0.3 is 20.7 Å². The van der Waals surface area contributed by atoms with E-state index in [1.807, 2.05) is 31.5 Å². The standard InChI is InChI=1S/C30H34FN7O3/c1-30(2,3)41-29(40)37-15-5-8-23(17-37)38-27-24(26(32)34-18-35-27)25(36-38)20-6-4-7-21(16-20)28(39)33-14-13-19-9-11-22(31)12-10-19/h4,6-7,9-12,16,18,23H,5,8,13-15,17H2,1-3H3,(H,33,39)(H2,32,34,35)/t23-/m1/s1. The Morgan fingerprint density at radius 1 is 1.15 bits per heavy atom. The summed E-state index contributed by atoms with van der Waals surface area (Å²) in [7, 11) is 0. The average Bonchev–Trinajstić information content (AvgIpc) is 3.34. The van der Waals surface area contributed by atoms with Crippen molar-refractivity contribution in [1.82, 2.24) is 30.0 Å². The summed E-state index contributed by atoms with van der Waals surface area (Å²) in [4.78, 5) is 36.1. The van der Waals surface area contributed by atoms with Crippen molar-refractivity contribution in [3.63, 3.8) is 0 Å². The van der Waals surface area contributed by atoms with Crippen LogP contribution < -0.4 is 11.1 Å². The molecule has 0 spiro atoms. The fourth-order valence-electron chi connectivity index (χ4n) is 4.98. The molecule has 0 bridgehead atoms. The fraction of sp³-hybridized carbons (Fsp3) is 0.367. The Morgan fingerprint density at radius 2 is 1.93 bits per heavy atom. The van der Waals surface area contributed by atoms with Gasteiger partial charge in [-0.25, -0.2) is 23.8 Å². The van der Waals surface area contributed by atoms with Crippen molar-refractivity contribution < 1.29 is 18.7 Å². The number of nitrogens with zero attached hydrogens (tertiary/aromatic N) is 5. The number of aromatic nitrogens is 4.